The zero-order chi connectivity index (χ0) is 11.3. The van der Waals surface area contributed by atoms with Crippen molar-refractivity contribution in [2.24, 2.45) is 0 Å². The molecule has 1 rings (SSSR count). The summed E-state index contributed by atoms with van der Waals surface area (Å²) in [4.78, 5) is 26.3. The highest BCUT2D eigenvalue weighted by Crippen LogP contribution is 2.04. The molecule has 0 unspecified atom stereocenters. The van der Waals surface area contributed by atoms with Crippen LogP contribution in [0.3, 0.4) is 0 Å². The summed E-state index contributed by atoms with van der Waals surface area (Å²) in [6, 6.07) is 0. The van der Waals surface area contributed by atoms with Gasteiger partial charge in [-0.05, 0) is 20.0 Å². The van der Waals surface area contributed by atoms with E-state index in [-0.39, 0.29) is 18.4 Å². The van der Waals surface area contributed by atoms with Crippen LogP contribution in [0.25, 0.3) is 0 Å². The highest BCUT2D eigenvalue weighted by atomic mass is 16.2. The van der Waals surface area contributed by atoms with Crippen LogP contribution >= 0.6 is 0 Å². The molecule has 0 atom stereocenters. The highest BCUT2D eigenvalue weighted by molar-refractivity contribution is 5.87. The molecule has 2 amide bonds. The van der Waals surface area contributed by atoms with Gasteiger partial charge in [-0.3, -0.25) is 9.59 Å². The number of hydrogen-bond donors (Lipinski definition) is 1. The lowest BCUT2D eigenvalue weighted by Crippen LogP contribution is -2.37. The van der Waals surface area contributed by atoms with Gasteiger partial charge in [-0.2, -0.15) is 0 Å². The molecule has 1 saturated heterocycles. The minimum absolute atomic E-state index is 0.0550. The van der Waals surface area contributed by atoms with Crippen molar-refractivity contribution in [2.75, 3.05) is 40.3 Å². The van der Waals surface area contributed by atoms with E-state index in [2.05, 4.69) is 5.32 Å². The first kappa shape index (κ1) is 12.0. The van der Waals surface area contributed by atoms with Gasteiger partial charge in [0.15, 0.2) is 0 Å². The maximum atomic E-state index is 11.7. The quantitative estimate of drug-likeness (QED) is 0.627. The largest absolute Gasteiger partial charge is 0.341 e. The van der Waals surface area contributed by atoms with Crippen molar-refractivity contribution in [3.8, 4) is 0 Å². The normalized spacial score (nSPS) is 18.3. The van der Waals surface area contributed by atoms with Crippen molar-refractivity contribution in [3.05, 3.63) is 0 Å². The molecule has 1 heterocycles. The van der Waals surface area contributed by atoms with E-state index in [0.717, 1.165) is 19.5 Å². The Labute approximate surface area is 90.4 Å². The summed E-state index contributed by atoms with van der Waals surface area (Å²) < 4.78 is 0. The summed E-state index contributed by atoms with van der Waals surface area (Å²) in [6.07, 6.45) is 1.38. The summed E-state index contributed by atoms with van der Waals surface area (Å²) in [5.74, 6) is 0.110. The van der Waals surface area contributed by atoms with Gasteiger partial charge in [0.05, 0.1) is 6.54 Å². The molecule has 0 radical (unpaired) electrons. The number of amides is 2. The average Bonchev–Trinajstić information content (AvgIpc) is 2.32. The van der Waals surface area contributed by atoms with Gasteiger partial charge < -0.3 is 15.1 Å². The molecule has 0 aromatic heterocycles. The van der Waals surface area contributed by atoms with Crippen molar-refractivity contribution >= 4 is 11.8 Å². The zero-order valence-corrected chi connectivity index (χ0v) is 9.45. The lowest BCUT2D eigenvalue weighted by atomic mass is 10.3. The Kier molecular flexibility index (Phi) is 4.55. The lowest BCUT2D eigenvalue weighted by molar-refractivity contribution is -0.135. The molecule has 5 heteroatoms. The Morgan fingerprint density at radius 1 is 1.33 bits per heavy atom. The smallest absolute Gasteiger partial charge is 0.242 e. The average molecular weight is 213 g/mol. The van der Waals surface area contributed by atoms with Crippen LogP contribution in [-0.4, -0.2) is 61.9 Å². The molecule has 5 nitrogen and oxygen atoms in total. The van der Waals surface area contributed by atoms with E-state index in [1.54, 1.807) is 11.9 Å². The Morgan fingerprint density at radius 3 is 2.73 bits per heavy atom. The van der Waals surface area contributed by atoms with E-state index in [1.165, 1.54) is 4.90 Å². The van der Waals surface area contributed by atoms with Crippen LogP contribution in [0.2, 0.25) is 0 Å². The third-order valence-electron chi connectivity index (χ3n) is 2.60. The molecule has 1 aliphatic heterocycles. The maximum absolute atomic E-state index is 11.7. The fourth-order valence-electron chi connectivity index (χ4n) is 1.62. The lowest BCUT2D eigenvalue weighted by Gasteiger charge is -2.20. The van der Waals surface area contributed by atoms with Crippen LogP contribution < -0.4 is 5.32 Å². The van der Waals surface area contributed by atoms with Crippen LogP contribution in [-0.2, 0) is 9.59 Å². The van der Waals surface area contributed by atoms with E-state index in [1.807, 2.05) is 7.05 Å². The van der Waals surface area contributed by atoms with Crippen LogP contribution in [0, 0.1) is 0 Å². The Balaban J connectivity index is 2.43. The van der Waals surface area contributed by atoms with Crippen LogP contribution in [0.5, 0.6) is 0 Å². The minimum Gasteiger partial charge on any atom is -0.341 e. The third kappa shape index (κ3) is 3.51. The molecule has 0 bridgehead atoms. The Morgan fingerprint density at radius 2 is 2.07 bits per heavy atom. The molecule has 1 N–H and O–H groups in total. The highest BCUT2D eigenvalue weighted by Gasteiger charge is 2.23. The van der Waals surface area contributed by atoms with E-state index < -0.39 is 0 Å². The van der Waals surface area contributed by atoms with E-state index in [4.69, 9.17) is 0 Å². The summed E-state index contributed by atoms with van der Waals surface area (Å²) >= 11 is 0. The SMILES string of the molecule is CNCCCN1CCC(=O)N(C)CC1=O. The van der Waals surface area contributed by atoms with E-state index >= 15 is 0 Å². The van der Waals surface area contributed by atoms with Crippen molar-refractivity contribution < 1.29 is 9.59 Å². The fourth-order valence-corrected chi connectivity index (χ4v) is 1.62. The number of carbonyl (C=O) groups is 2. The molecule has 1 aliphatic rings. The first-order valence-electron chi connectivity index (χ1n) is 5.31. The predicted molar refractivity (Wildman–Crippen MR) is 57.4 cm³/mol. The molecule has 0 aromatic carbocycles. The molecule has 0 aliphatic carbocycles. The number of rotatable bonds is 4. The first-order chi connectivity index (χ1) is 7.15. The minimum atomic E-state index is 0.0550. The van der Waals surface area contributed by atoms with Gasteiger partial charge in [0.25, 0.3) is 0 Å². The van der Waals surface area contributed by atoms with Crippen molar-refractivity contribution in [1.82, 2.24) is 15.1 Å². The van der Waals surface area contributed by atoms with E-state index in [0.29, 0.717) is 13.0 Å². The van der Waals surface area contributed by atoms with Crippen LogP contribution in [0.4, 0.5) is 0 Å². The van der Waals surface area contributed by atoms with Gasteiger partial charge in [-0.15, -0.1) is 0 Å². The molecule has 86 valence electrons. The first-order valence-corrected chi connectivity index (χ1v) is 5.31. The van der Waals surface area contributed by atoms with Gasteiger partial charge in [0.2, 0.25) is 11.8 Å². The van der Waals surface area contributed by atoms with Crippen molar-refractivity contribution in [3.63, 3.8) is 0 Å². The number of hydrogen-bond acceptors (Lipinski definition) is 3. The topological polar surface area (TPSA) is 52.7 Å². The molecular formula is C10H19N3O2. The monoisotopic (exact) mass is 213 g/mol. The van der Waals surface area contributed by atoms with E-state index in [9.17, 15) is 9.59 Å². The summed E-state index contributed by atoms with van der Waals surface area (Å²) in [7, 11) is 3.57. The molecule has 0 spiro atoms. The summed E-state index contributed by atoms with van der Waals surface area (Å²) in [5.41, 5.74) is 0. The van der Waals surface area contributed by atoms with Gasteiger partial charge in [0, 0.05) is 26.6 Å². The molecule has 0 saturated carbocycles. The number of carbonyl (C=O) groups excluding carboxylic acids is 2. The number of nitrogens with zero attached hydrogens (tertiary/aromatic N) is 2. The van der Waals surface area contributed by atoms with Gasteiger partial charge in [0.1, 0.15) is 0 Å². The third-order valence-corrected chi connectivity index (χ3v) is 2.60. The van der Waals surface area contributed by atoms with Gasteiger partial charge in [-0.1, -0.05) is 0 Å². The molecular weight excluding hydrogens is 194 g/mol. The Hall–Kier alpha value is -1.10. The molecule has 1 fully saturated rings. The van der Waals surface area contributed by atoms with Crippen molar-refractivity contribution in [1.29, 1.82) is 0 Å². The predicted octanol–water partition coefficient (Wildman–Crippen LogP) is -0.713. The second-order valence-corrected chi connectivity index (χ2v) is 3.84. The van der Waals surface area contributed by atoms with Crippen LogP contribution in [0.15, 0.2) is 0 Å². The molecule has 0 aromatic rings. The summed E-state index contributed by atoms with van der Waals surface area (Å²) in [6.45, 7) is 2.42. The number of nitrogens with one attached hydrogen (secondary N) is 1. The Bertz CT molecular complexity index is 243. The standard InChI is InChI=1S/C10H19N3O2/c1-11-5-3-6-13-7-4-9(14)12(2)8-10(13)15/h11H,3-8H2,1-2H3. The second-order valence-electron chi connectivity index (χ2n) is 3.84. The van der Waals surface area contributed by atoms with Gasteiger partial charge in [-0.25, -0.2) is 0 Å². The van der Waals surface area contributed by atoms with Gasteiger partial charge >= 0.3 is 0 Å². The molecule has 15 heavy (non-hydrogen) atoms. The number of likely N-dealkylation sites (N-methyl/N-ethyl adjacent to an activating group) is 1. The second kappa shape index (κ2) is 5.70. The van der Waals surface area contributed by atoms with Crippen molar-refractivity contribution in [2.45, 2.75) is 12.8 Å². The summed E-state index contributed by atoms with van der Waals surface area (Å²) in [5, 5.41) is 3.04. The van der Waals surface area contributed by atoms with Crippen LogP contribution in [0.1, 0.15) is 12.8 Å². The maximum Gasteiger partial charge on any atom is 0.242 e. The zero-order valence-electron chi connectivity index (χ0n) is 9.45. The fraction of sp³-hybridized carbons (Fsp3) is 0.800.